The van der Waals surface area contributed by atoms with Crippen LogP contribution in [0.4, 0.5) is 33.7 Å². The van der Waals surface area contributed by atoms with Crippen molar-refractivity contribution >= 4 is 22.8 Å². The molecule has 0 bridgehead atoms. The van der Waals surface area contributed by atoms with Crippen LogP contribution in [0.25, 0.3) is 16.7 Å². The Kier molecular flexibility index (Phi) is 4.96. The molecule has 2 fully saturated rings. The number of alkyl halides is 5. The molecule has 5 rings (SSSR count). The van der Waals surface area contributed by atoms with Crippen LogP contribution in [0, 0.1) is 0 Å². The Balaban J connectivity index is 1.55. The molecule has 7 nitrogen and oxygen atoms in total. The summed E-state index contributed by atoms with van der Waals surface area (Å²) < 4.78 is 67.6. The second kappa shape index (κ2) is 7.51. The van der Waals surface area contributed by atoms with Gasteiger partial charge in [-0.2, -0.15) is 28.2 Å². The molecule has 3 aromatic rings. The SMILES string of the molecule is CN(C)C1CN(c2nc(NC3CC(F)(F)C3)nc3c2cnn3-c2cccc(C(F)(F)F)c2)C1. The molecule has 2 aromatic heterocycles. The van der Waals surface area contributed by atoms with Crippen LogP contribution in [0.1, 0.15) is 18.4 Å². The number of halogens is 5. The minimum absolute atomic E-state index is 0.153. The number of fused-ring (bicyclic) bond motifs is 1. The van der Waals surface area contributed by atoms with E-state index in [2.05, 4.69) is 25.3 Å². The number of anilines is 2. The molecule has 3 heterocycles. The van der Waals surface area contributed by atoms with Gasteiger partial charge in [0.15, 0.2) is 5.65 Å². The van der Waals surface area contributed by atoms with Gasteiger partial charge in [0.25, 0.3) is 5.92 Å². The van der Waals surface area contributed by atoms with Crippen molar-refractivity contribution in [2.75, 3.05) is 37.4 Å². The molecule has 1 aliphatic heterocycles. The Morgan fingerprint density at radius 3 is 2.48 bits per heavy atom. The van der Waals surface area contributed by atoms with Gasteiger partial charge < -0.3 is 15.1 Å². The Hall–Kier alpha value is -3.02. The van der Waals surface area contributed by atoms with Gasteiger partial charge in [-0.3, -0.25) is 0 Å². The lowest BCUT2D eigenvalue weighted by atomic mass is 9.88. The van der Waals surface area contributed by atoms with E-state index in [1.165, 1.54) is 23.0 Å². The Labute approximate surface area is 186 Å². The van der Waals surface area contributed by atoms with Gasteiger partial charge in [0.1, 0.15) is 5.82 Å². The Morgan fingerprint density at radius 2 is 1.85 bits per heavy atom. The Bertz CT molecular complexity index is 1180. The van der Waals surface area contributed by atoms with Gasteiger partial charge >= 0.3 is 6.18 Å². The fourth-order valence-electron chi connectivity index (χ4n) is 4.10. The van der Waals surface area contributed by atoms with Crippen LogP contribution in [-0.2, 0) is 6.18 Å². The zero-order chi connectivity index (χ0) is 23.5. The third kappa shape index (κ3) is 4.07. The Morgan fingerprint density at radius 1 is 1.12 bits per heavy atom. The second-order valence-electron chi connectivity index (χ2n) is 8.84. The molecule has 12 heteroatoms. The zero-order valence-electron chi connectivity index (χ0n) is 17.9. The number of benzene rings is 1. The van der Waals surface area contributed by atoms with E-state index in [0.717, 1.165) is 12.1 Å². The summed E-state index contributed by atoms with van der Waals surface area (Å²) in [5, 5.41) is 7.81. The summed E-state index contributed by atoms with van der Waals surface area (Å²) in [6.07, 6.45) is -3.61. The van der Waals surface area contributed by atoms with Gasteiger partial charge in [0.05, 0.1) is 22.8 Å². The van der Waals surface area contributed by atoms with E-state index < -0.39 is 23.7 Å². The summed E-state index contributed by atoms with van der Waals surface area (Å²) in [4.78, 5) is 13.1. The van der Waals surface area contributed by atoms with Gasteiger partial charge in [0.2, 0.25) is 5.95 Å². The average molecular weight is 467 g/mol. The van der Waals surface area contributed by atoms with Gasteiger partial charge in [0, 0.05) is 38.0 Å². The molecular weight excluding hydrogens is 445 g/mol. The maximum absolute atomic E-state index is 13.3. The van der Waals surface area contributed by atoms with E-state index in [4.69, 9.17) is 0 Å². The fourth-order valence-corrected chi connectivity index (χ4v) is 4.10. The number of aromatic nitrogens is 4. The molecule has 1 N–H and O–H groups in total. The number of hydrogen-bond acceptors (Lipinski definition) is 6. The highest BCUT2D eigenvalue weighted by atomic mass is 19.4. The molecule has 0 atom stereocenters. The highest BCUT2D eigenvalue weighted by Crippen LogP contribution is 2.39. The predicted molar refractivity (Wildman–Crippen MR) is 113 cm³/mol. The van der Waals surface area contributed by atoms with Crippen LogP contribution < -0.4 is 10.2 Å². The molecule has 1 saturated carbocycles. The first kappa shape index (κ1) is 21.8. The zero-order valence-corrected chi connectivity index (χ0v) is 17.9. The molecule has 0 unspecified atom stereocenters. The lowest BCUT2D eigenvalue weighted by Crippen LogP contribution is -2.57. The molecule has 1 aromatic carbocycles. The van der Waals surface area contributed by atoms with E-state index in [1.54, 1.807) is 0 Å². The first-order chi connectivity index (χ1) is 15.5. The predicted octanol–water partition coefficient (Wildman–Crippen LogP) is 3.79. The molecule has 176 valence electrons. The first-order valence-corrected chi connectivity index (χ1v) is 10.5. The second-order valence-corrected chi connectivity index (χ2v) is 8.84. The van der Waals surface area contributed by atoms with E-state index in [-0.39, 0.29) is 24.5 Å². The summed E-state index contributed by atoms with van der Waals surface area (Å²) in [6, 6.07) is 4.66. The smallest absolute Gasteiger partial charge is 0.353 e. The standard InChI is InChI=1S/C21H22F5N7/c1-31(2)15-10-32(11-15)17-16-9-27-33(14-5-3-4-12(6-14)21(24,25)26)18(16)30-19(29-17)28-13-7-20(22,23)8-13/h3-6,9,13,15H,7-8,10-11H2,1-2H3,(H,28,29,30). The summed E-state index contributed by atoms with van der Waals surface area (Å²) in [7, 11) is 3.96. The monoisotopic (exact) mass is 467 g/mol. The summed E-state index contributed by atoms with van der Waals surface area (Å²) in [5.74, 6) is -1.98. The van der Waals surface area contributed by atoms with Crippen LogP contribution in [0.3, 0.4) is 0 Å². The number of hydrogen-bond donors (Lipinski definition) is 1. The lowest BCUT2D eigenvalue weighted by molar-refractivity contribution is -0.137. The van der Waals surface area contributed by atoms with Crippen molar-refractivity contribution in [1.29, 1.82) is 0 Å². The third-order valence-electron chi connectivity index (χ3n) is 6.14. The van der Waals surface area contributed by atoms with E-state index in [0.29, 0.717) is 36.0 Å². The van der Waals surface area contributed by atoms with Crippen molar-refractivity contribution in [2.24, 2.45) is 0 Å². The number of nitrogens with zero attached hydrogens (tertiary/aromatic N) is 6. The molecule has 1 saturated heterocycles. The van der Waals surface area contributed by atoms with Crippen LogP contribution in [0.5, 0.6) is 0 Å². The minimum Gasteiger partial charge on any atom is -0.353 e. The number of nitrogens with one attached hydrogen (secondary N) is 1. The molecular formula is C21H22F5N7. The summed E-state index contributed by atoms with van der Waals surface area (Å²) in [6.45, 7) is 1.41. The molecule has 1 aliphatic carbocycles. The first-order valence-electron chi connectivity index (χ1n) is 10.5. The maximum atomic E-state index is 13.3. The minimum atomic E-state index is -4.50. The lowest BCUT2D eigenvalue weighted by Gasteiger charge is -2.43. The summed E-state index contributed by atoms with van der Waals surface area (Å²) >= 11 is 0. The maximum Gasteiger partial charge on any atom is 0.416 e. The van der Waals surface area contributed by atoms with E-state index >= 15 is 0 Å². The average Bonchev–Trinajstić information content (AvgIpc) is 3.08. The van der Waals surface area contributed by atoms with E-state index in [9.17, 15) is 22.0 Å². The summed E-state index contributed by atoms with van der Waals surface area (Å²) in [5.41, 5.74) is -0.300. The molecule has 33 heavy (non-hydrogen) atoms. The molecule has 0 spiro atoms. The van der Waals surface area contributed by atoms with Crippen molar-refractivity contribution in [2.45, 2.75) is 37.0 Å². The number of rotatable bonds is 5. The van der Waals surface area contributed by atoms with E-state index in [1.807, 2.05) is 19.0 Å². The molecule has 0 amide bonds. The van der Waals surface area contributed by atoms with Crippen molar-refractivity contribution in [3.63, 3.8) is 0 Å². The normalized spacial score (nSPS) is 19.1. The highest BCUT2D eigenvalue weighted by molar-refractivity contribution is 5.89. The molecule has 0 radical (unpaired) electrons. The highest BCUT2D eigenvalue weighted by Gasteiger charge is 2.45. The van der Waals surface area contributed by atoms with Crippen LogP contribution in [0.15, 0.2) is 30.5 Å². The van der Waals surface area contributed by atoms with Crippen molar-refractivity contribution in [3.05, 3.63) is 36.0 Å². The molecule has 2 aliphatic rings. The fraction of sp³-hybridized carbons (Fsp3) is 0.476. The van der Waals surface area contributed by atoms with Gasteiger partial charge in [-0.05, 0) is 32.3 Å². The topological polar surface area (TPSA) is 62.1 Å². The number of likely N-dealkylation sites (N-methyl/N-ethyl adjacent to an activating group) is 1. The van der Waals surface area contributed by atoms with Crippen LogP contribution >= 0.6 is 0 Å². The van der Waals surface area contributed by atoms with Gasteiger partial charge in [-0.1, -0.05) is 6.07 Å². The van der Waals surface area contributed by atoms with Crippen molar-refractivity contribution < 1.29 is 22.0 Å². The van der Waals surface area contributed by atoms with Crippen LogP contribution in [-0.4, -0.2) is 69.8 Å². The van der Waals surface area contributed by atoms with Crippen LogP contribution in [0.2, 0.25) is 0 Å². The van der Waals surface area contributed by atoms with Crippen molar-refractivity contribution in [1.82, 2.24) is 24.6 Å². The van der Waals surface area contributed by atoms with Crippen molar-refractivity contribution in [3.8, 4) is 5.69 Å². The van der Waals surface area contributed by atoms with Gasteiger partial charge in [-0.15, -0.1) is 0 Å². The van der Waals surface area contributed by atoms with Gasteiger partial charge in [-0.25, -0.2) is 13.5 Å². The quantitative estimate of drug-likeness (QED) is 0.577. The largest absolute Gasteiger partial charge is 0.416 e. The third-order valence-corrected chi connectivity index (χ3v) is 6.14.